The van der Waals surface area contributed by atoms with E-state index in [0.717, 1.165) is 23.1 Å². The maximum absolute atomic E-state index is 15.0. The number of rotatable bonds is 5. The summed E-state index contributed by atoms with van der Waals surface area (Å²) in [7, 11) is 0. The monoisotopic (exact) mass is 526 g/mol. The van der Waals surface area contributed by atoms with Crippen LogP contribution in [0.4, 0.5) is 9.18 Å². The molecule has 1 fully saturated rings. The van der Waals surface area contributed by atoms with E-state index < -0.39 is 23.1 Å². The van der Waals surface area contributed by atoms with Gasteiger partial charge in [-0.2, -0.15) is 4.98 Å². The number of carbonyl (C=O) groups excluding carboxylic acids is 2. The molecule has 1 unspecified atom stereocenters. The molecule has 2 N–H and O–H groups in total. The second-order valence-electron chi connectivity index (χ2n) is 10.6. The number of nitrogens with zero attached hydrogens (tertiary/aromatic N) is 2. The molecule has 8 nitrogen and oxygen atoms in total. The zero-order chi connectivity index (χ0) is 26.5. The van der Waals surface area contributed by atoms with Crippen molar-refractivity contribution in [3.05, 3.63) is 58.2 Å². The number of nitrogens with one attached hydrogen (secondary N) is 2. The molecule has 0 saturated heterocycles. The Hall–Kier alpha value is -3.46. The molecule has 2 aliphatic carbocycles. The third kappa shape index (κ3) is 5.18. The third-order valence-electron chi connectivity index (χ3n) is 6.57. The first kappa shape index (κ1) is 25.2. The topological polar surface area (TPSA) is 106 Å². The van der Waals surface area contributed by atoms with Crippen molar-refractivity contribution in [3.63, 3.8) is 0 Å². The predicted molar refractivity (Wildman–Crippen MR) is 135 cm³/mol. The summed E-state index contributed by atoms with van der Waals surface area (Å²) in [5, 5.41) is 10.00. The lowest BCUT2D eigenvalue weighted by Crippen LogP contribution is -2.50. The highest BCUT2D eigenvalue weighted by Crippen LogP contribution is 2.41. The first-order valence-electron chi connectivity index (χ1n) is 12.2. The molecule has 37 heavy (non-hydrogen) atoms. The molecule has 1 atom stereocenters. The average molecular weight is 527 g/mol. The van der Waals surface area contributed by atoms with Crippen molar-refractivity contribution >= 4 is 23.6 Å². The number of benzene rings is 2. The number of aryl methyl sites for hydroxylation is 2. The summed E-state index contributed by atoms with van der Waals surface area (Å²) in [6.45, 7) is 6.97. The molecular formula is C27H28ClFN4O4. The molecule has 10 heteroatoms. The Morgan fingerprint density at radius 3 is 2.62 bits per heavy atom. The molecule has 1 heterocycles. The summed E-state index contributed by atoms with van der Waals surface area (Å²) < 4.78 is 25.4. The quantitative estimate of drug-likeness (QED) is 0.444. The number of halogens is 2. The molecule has 0 spiro atoms. The van der Waals surface area contributed by atoms with Crippen molar-refractivity contribution < 1.29 is 23.2 Å². The average Bonchev–Trinajstić information content (AvgIpc) is 3.28. The molecule has 0 radical (unpaired) electrons. The Bertz CT molecular complexity index is 1390. The Morgan fingerprint density at radius 2 is 1.97 bits per heavy atom. The number of hydrogen-bond acceptors (Lipinski definition) is 6. The van der Waals surface area contributed by atoms with Crippen LogP contribution in [0.5, 0.6) is 0 Å². The minimum absolute atomic E-state index is 0.152. The van der Waals surface area contributed by atoms with E-state index in [1.165, 1.54) is 6.07 Å². The summed E-state index contributed by atoms with van der Waals surface area (Å²) in [4.78, 5) is 29.5. The minimum atomic E-state index is -0.930. The summed E-state index contributed by atoms with van der Waals surface area (Å²) in [5.74, 6) is -0.273. The van der Waals surface area contributed by atoms with E-state index in [1.807, 2.05) is 18.2 Å². The van der Waals surface area contributed by atoms with Gasteiger partial charge in [-0.05, 0) is 80.8 Å². The molecule has 3 aromatic rings. The van der Waals surface area contributed by atoms with Crippen LogP contribution in [-0.4, -0.2) is 33.3 Å². The van der Waals surface area contributed by atoms with E-state index >= 15 is 0 Å². The van der Waals surface area contributed by atoms with E-state index in [4.69, 9.17) is 20.9 Å². The van der Waals surface area contributed by atoms with Crippen LogP contribution in [-0.2, 0) is 16.0 Å². The molecule has 0 bridgehead atoms. The van der Waals surface area contributed by atoms with Crippen LogP contribution in [0.3, 0.4) is 0 Å². The number of aromatic nitrogens is 2. The van der Waals surface area contributed by atoms with Crippen LogP contribution in [0, 0.1) is 12.7 Å². The predicted octanol–water partition coefficient (Wildman–Crippen LogP) is 5.67. The van der Waals surface area contributed by atoms with Crippen LogP contribution < -0.4 is 10.6 Å². The van der Waals surface area contributed by atoms with Crippen molar-refractivity contribution in [1.82, 2.24) is 20.8 Å². The highest BCUT2D eigenvalue weighted by Gasteiger charge is 2.52. The van der Waals surface area contributed by atoms with Gasteiger partial charge < -0.3 is 19.9 Å². The number of carbonyl (C=O) groups is 2. The zero-order valence-electron chi connectivity index (χ0n) is 21.1. The highest BCUT2D eigenvalue weighted by molar-refractivity contribution is 6.31. The van der Waals surface area contributed by atoms with Gasteiger partial charge in [0.05, 0.1) is 11.6 Å². The lowest BCUT2D eigenvalue weighted by Gasteiger charge is -2.24. The van der Waals surface area contributed by atoms with Gasteiger partial charge in [0.1, 0.15) is 17.0 Å². The van der Waals surface area contributed by atoms with Crippen LogP contribution in [0.1, 0.15) is 63.1 Å². The molecule has 2 aromatic carbocycles. The molecule has 1 aromatic heterocycles. The fraction of sp³-hybridized carbons (Fsp3) is 0.407. The summed E-state index contributed by atoms with van der Waals surface area (Å²) in [6, 6.07) is 8.51. The molecule has 5 rings (SSSR count). The largest absolute Gasteiger partial charge is 0.444 e. The van der Waals surface area contributed by atoms with Crippen molar-refractivity contribution in [1.29, 1.82) is 0 Å². The normalized spacial score (nSPS) is 17.7. The van der Waals surface area contributed by atoms with Crippen molar-refractivity contribution in [2.45, 2.75) is 70.6 Å². The molecular weight excluding hydrogens is 499 g/mol. The smallest absolute Gasteiger partial charge is 0.408 e. The van der Waals surface area contributed by atoms with Gasteiger partial charge in [-0.25, -0.2) is 9.18 Å². The summed E-state index contributed by atoms with van der Waals surface area (Å²) in [5.41, 5.74) is 1.99. The standard InChI is InChI=1S/C27H28ClFN4O4/c1-14-30-23(33-37-14)22-19(12-17(28)13-20(22)29)16-5-7-18-15(11-16)6-8-21(18)31-24(34)27(9-10-27)32-25(35)36-26(2,3)4/h5,7,11-13,21H,6,8-10H2,1-4H3,(H,31,34)(H,32,35). The van der Waals surface area contributed by atoms with E-state index in [0.29, 0.717) is 30.7 Å². The van der Waals surface area contributed by atoms with E-state index in [1.54, 1.807) is 33.8 Å². The van der Waals surface area contributed by atoms with Gasteiger partial charge in [0.25, 0.3) is 0 Å². The van der Waals surface area contributed by atoms with Crippen molar-refractivity contribution in [2.75, 3.05) is 0 Å². The fourth-order valence-corrected chi connectivity index (χ4v) is 4.90. The Balaban J connectivity index is 1.36. The molecule has 194 valence electrons. The first-order valence-corrected chi connectivity index (χ1v) is 12.6. The van der Waals surface area contributed by atoms with Gasteiger partial charge in [0.15, 0.2) is 0 Å². The van der Waals surface area contributed by atoms with Gasteiger partial charge in [-0.3, -0.25) is 4.79 Å². The molecule has 2 amide bonds. The van der Waals surface area contributed by atoms with Gasteiger partial charge >= 0.3 is 6.09 Å². The lowest BCUT2D eigenvalue weighted by molar-refractivity contribution is -0.125. The maximum atomic E-state index is 15.0. The van der Waals surface area contributed by atoms with Crippen LogP contribution in [0.25, 0.3) is 22.5 Å². The maximum Gasteiger partial charge on any atom is 0.408 e. The van der Waals surface area contributed by atoms with Crippen molar-refractivity contribution in [2.24, 2.45) is 0 Å². The van der Waals surface area contributed by atoms with E-state index in [9.17, 15) is 14.0 Å². The first-order chi connectivity index (χ1) is 17.4. The van der Waals surface area contributed by atoms with Crippen LogP contribution in [0.2, 0.25) is 5.02 Å². The molecule has 0 aliphatic heterocycles. The Labute approximate surface area is 218 Å². The van der Waals surface area contributed by atoms with E-state index in [-0.39, 0.29) is 28.4 Å². The number of fused-ring (bicyclic) bond motifs is 1. The van der Waals surface area contributed by atoms with Gasteiger partial charge in [-0.15, -0.1) is 0 Å². The highest BCUT2D eigenvalue weighted by atomic mass is 35.5. The third-order valence-corrected chi connectivity index (χ3v) is 6.79. The number of alkyl carbamates (subject to hydrolysis) is 1. The number of amides is 2. The van der Waals surface area contributed by atoms with Crippen molar-refractivity contribution in [3.8, 4) is 22.5 Å². The SMILES string of the molecule is Cc1nc(-c2c(F)cc(Cl)cc2-c2ccc3c(c2)CCC3NC(=O)C2(NC(=O)OC(C)(C)C)CC2)no1. The molecule has 2 aliphatic rings. The lowest BCUT2D eigenvalue weighted by atomic mass is 9.95. The Morgan fingerprint density at radius 1 is 1.22 bits per heavy atom. The van der Waals surface area contributed by atoms with Gasteiger partial charge in [0.2, 0.25) is 17.6 Å². The van der Waals surface area contributed by atoms with E-state index in [2.05, 4.69) is 20.8 Å². The van der Waals surface area contributed by atoms with Gasteiger partial charge in [0, 0.05) is 11.9 Å². The summed E-state index contributed by atoms with van der Waals surface area (Å²) >= 11 is 6.19. The van der Waals surface area contributed by atoms with Gasteiger partial charge in [-0.1, -0.05) is 35.0 Å². The second kappa shape index (κ2) is 9.13. The zero-order valence-corrected chi connectivity index (χ0v) is 21.8. The second-order valence-corrected chi connectivity index (χ2v) is 11.1. The van der Waals surface area contributed by atoms with Crippen LogP contribution >= 0.6 is 11.6 Å². The summed E-state index contributed by atoms with van der Waals surface area (Å²) in [6.07, 6.45) is 1.98. The number of ether oxygens (including phenoxy) is 1. The Kier molecular flexibility index (Phi) is 6.22. The number of hydrogen-bond donors (Lipinski definition) is 2. The molecule has 1 saturated carbocycles. The fourth-order valence-electron chi connectivity index (χ4n) is 4.69. The minimum Gasteiger partial charge on any atom is -0.444 e. The van der Waals surface area contributed by atoms with Crippen LogP contribution in [0.15, 0.2) is 34.9 Å².